The topological polar surface area (TPSA) is 59.8 Å². The lowest BCUT2D eigenvalue weighted by atomic mass is 10.2. The molecule has 0 unspecified atom stereocenters. The molecule has 0 bridgehead atoms. The Hall–Kier alpha value is -3.32. The van der Waals surface area contributed by atoms with Crippen molar-refractivity contribution >= 4 is 22.9 Å². The zero-order valence-corrected chi connectivity index (χ0v) is 15.7. The Morgan fingerprint density at radius 1 is 1.14 bits per heavy atom. The lowest BCUT2D eigenvalue weighted by Crippen LogP contribution is -2.14. The quantitative estimate of drug-likeness (QED) is 0.530. The number of thiazole rings is 1. The Kier molecular flexibility index (Phi) is 5.25. The van der Waals surface area contributed by atoms with E-state index in [2.05, 4.69) is 15.4 Å². The Labute approximate surface area is 165 Å². The standard InChI is InChI=1S/C21H17FN4OS/c22-17-8-4-5-15(9-17)12-26-13-19(11-23-26)24-20(27)10-18-14-28-21(25-18)16-6-2-1-3-7-16/h1-9,11,13-14H,10,12H2,(H,24,27). The minimum atomic E-state index is -0.281. The van der Waals surface area contributed by atoms with Crippen LogP contribution in [0.4, 0.5) is 10.1 Å². The van der Waals surface area contributed by atoms with Crippen molar-refractivity contribution in [2.45, 2.75) is 13.0 Å². The molecule has 5 nitrogen and oxygen atoms in total. The van der Waals surface area contributed by atoms with Crippen molar-refractivity contribution in [3.8, 4) is 10.6 Å². The molecule has 0 aliphatic rings. The molecule has 0 aliphatic carbocycles. The van der Waals surface area contributed by atoms with Crippen LogP contribution >= 0.6 is 11.3 Å². The van der Waals surface area contributed by atoms with Gasteiger partial charge in [-0.3, -0.25) is 9.48 Å². The number of hydrogen-bond donors (Lipinski definition) is 1. The molecule has 4 rings (SSSR count). The summed E-state index contributed by atoms with van der Waals surface area (Å²) in [5.74, 6) is -0.438. The molecule has 7 heteroatoms. The van der Waals surface area contributed by atoms with Gasteiger partial charge in [0.1, 0.15) is 10.8 Å². The second-order valence-electron chi connectivity index (χ2n) is 6.29. The SMILES string of the molecule is O=C(Cc1csc(-c2ccccc2)n1)Nc1cnn(Cc2cccc(F)c2)c1. The first-order valence-electron chi connectivity index (χ1n) is 8.72. The molecule has 2 heterocycles. The molecule has 2 aromatic heterocycles. The third-order valence-corrected chi connectivity index (χ3v) is 5.00. The van der Waals surface area contributed by atoms with E-state index in [4.69, 9.17) is 0 Å². The summed E-state index contributed by atoms with van der Waals surface area (Å²) in [6.07, 6.45) is 3.49. The van der Waals surface area contributed by atoms with Crippen molar-refractivity contribution in [3.63, 3.8) is 0 Å². The van der Waals surface area contributed by atoms with Crippen LogP contribution in [0.2, 0.25) is 0 Å². The highest BCUT2D eigenvalue weighted by molar-refractivity contribution is 7.13. The van der Waals surface area contributed by atoms with Gasteiger partial charge in [-0.05, 0) is 17.7 Å². The normalized spacial score (nSPS) is 10.8. The first-order chi connectivity index (χ1) is 13.7. The van der Waals surface area contributed by atoms with E-state index in [1.54, 1.807) is 23.1 Å². The number of rotatable bonds is 6. The highest BCUT2D eigenvalue weighted by atomic mass is 32.1. The van der Waals surface area contributed by atoms with Gasteiger partial charge in [0.2, 0.25) is 5.91 Å². The molecule has 2 aromatic carbocycles. The van der Waals surface area contributed by atoms with Crippen LogP contribution < -0.4 is 5.32 Å². The third kappa shape index (κ3) is 4.50. The first kappa shape index (κ1) is 18.1. The lowest BCUT2D eigenvalue weighted by molar-refractivity contribution is -0.115. The minimum absolute atomic E-state index is 0.157. The zero-order chi connectivity index (χ0) is 19.3. The zero-order valence-electron chi connectivity index (χ0n) is 14.9. The molecule has 0 atom stereocenters. The van der Waals surface area contributed by atoms with Gasteiger partial charge in [0, 0.05) is 17.1 Å². The summed E-state index contributed by atoms with van der Waals surface area (Å²) in [6, 6.07) is 16.2. The molecule has 1 amide bonds. The van der Waals surface area contributed by atoms with E-state index >= 15 is 0 Å². The van der Waals surface area contributed by atoms with Crippen molar-refractivity contribution in [3.05, 3.63) is 89.4 Å². The minimum Gasteiger partial charge on any atom is -0.323 e. The number of hydrogen-bond acceptors (Lipinski definition) is 4. The summed E-state index contributed by atoms with van der Waals surface area (Å²) in [7, 11) is 0. The van der Waals surface area contributed by atoms with Gasteiger partial charge < -0.3 is 5.32 Å². The van der Waals surface area contributed by atoms with Crippen molar-refractivity contribution < 1.29 is 9.18 Å². The van der Waals surface area contributed by atoms with E-state index in [-0.39, 0.29) is 18.1 Å². The largest absolute Gasteiger partial charge is 0.323 e. The van der Waals surface area contributed by atoms with E-state index in [0.717, 1.165) is 21.8 Å². The third-order valence-electron chi connectivity index (χ3n) is 4.06. The number of nitrogens with zero attached hydrogens (tertiary/aromatic N) is 3. The molecule has 0 fully saturated rings. The maximum Gasteiger partial charge on any atom is 0.230 e. The van der Waals surface area contributed by atoms with E-state index < -0.39 is 0 Å². The molecular formula is C21H17FN4OS. The molecule has 0 radical (unpaired) electrons. The van der Waals surface area contributed by atoms with Gasteiger partial charge in [-0.1, -0.05) is 42.5 Å². The van der Waals surface area contributed by atoms with Gasteiger partial charge in [0.25, 0.3) is 0 Å². The Morgan fingerprint density at radius 3 is 2.82 bits per heavy atom. The van der Waals surface area contributed by atoms with Crippen LogP contribution in [0.25, 0.3) is 10.6 Å². The molecule has 1 N–H and O–H groups in total. The summed E-state index contributed by atoms with van der Waals surface area (Å²) < 4.78 is 14.9. The van der Waals surface area contributed by atoms with Crippen LogP contribution in [-0.2, 0) is 17.8 Å². The molecule has 0 saturated carbocycles. The molecular weight excluding hydrogens is 375 g/mol. The van der Waals surface area contributed by atoms with E-state index in [1.807, 2.05) is 41.8 Å². The van der Waals surface area contributed by atoms with E-state index in [1.165, 1.54) is 23.5 Å². The summed E-state index contributed by atoms with van der Waals surface area (Å²) in [5, 5.41) is 9.83. The summed E-state index contributed by atoms with van der Waals surface area (Å²) in [5.41, 5.74) is 3.17. The first-order valence-corrected chi connectivity index (χ1v) is 9.60. The van der Waals surface area contributed by atoms with Gasteiger partial charge >= 0.3 is 0 Å². The molecule has 0 aliphatic heterocycles. The summed E-state index contributed by atoms with van der Waals surface area (Å²) >= 11 is 1.52. The van der Waals surface area contributed by atoms with Crippen molar-refractivity contribution in [2.24, 2.45) is 0 Å². The van der Waals surface area contributed by atoms with Crippen LogP contribution in [0.5, 0.6) is 0 Å². The summed E-state index contributed by atoms with van der Waals surface area (Å²) in [6.45, 7) is 0.431. The predicted molar refractivity (Wildman–Crippen MR) is 108 cm³/mol. The highest BCUT2D eigenvalue weighted by Crippen LogP contribution is 2.23. The number of carbonyl (C=O) groups excluding carboxylic acids is 1. The second-order valence-corrected chi connectivity index (χ2v) is 7.15. The molecule has 4 aromatic rings. The second kappa shape index (κ2) is 8.14. The van der Waals surface area contributed by atoms with Crippen molar-refractivity contribution in [2.75, 3.05) is 5.32 Å². The van der Waals surface area contributed by atoms with Crippen LogP contribution in [0.3, 0.4) is 0 Å². The van der Waals surface area contributed by atoms with Crippen molar-refractivity contribution in [1.29, 1.82) is 0 Å². The predicted octanol–water partition coefficient (Wildman–Crippen LogP) is 4.38. The Balaban J connectivity index is 1.36. The number of amides is 1. The molecule has 0 saturated heterocycles. The van der Waals surface area contributed by atoms with Crippen molar-refractivity contribution in [1.82, 2.24) is 14.8 Å². The van der Waals surface area contributed by atoms with Gasteiger partial charge in [-0.2, -0.15) is 5.10 Å². The van der Waals surface area contributed by atoms with Gasteiger partial charge in [-0.15, -0.1) is 11.3 Å². The van der Waals surface area contributed by atoms with Crippen LogP contribution in [0.1, 0.15) is 11.3 Å². The lowest BCUT2D eigenvalue weighted by Gasteiger charge is -2.02. The average Bonchev–Trinajstić information content (AvgIpc) is 3.32. The molecule has 0 spiro atoms. The van der Waals surface area contributed by atoms with Crippen LogP contribution in [0, 0.1) is 5.82 Å². The number of carbonyl (C=O) groups is 1. The summed E-state index contributed by atoms with van der Waals surface area (Å²) in [4.78, 5) is 16.8. The number of anilines is 1. The smallest absolute Gasteiger partial charge is 0.230 e. The van der Waals surface area contributed by atoms with E-state index in [9.17, 15) is 9.18 Å². The van der Waals surface area contributed by atoms with Crippen LogP contribution in [0.15, 0.2) is 72.4 Å². The number of aromatic nitrogens is 3. The fourth-order valence-electron chi connectivity index (χ4n) is 2.81. The van der Waals surface area contributed by atoms with Gasteiger partial charge in [-0.25, -0.2) is 9.37 Å². The van der Waals surface area contributed by atoms with E-state index in [0.29, 0.717) is 12.2 Å². The number of nitrogens with one attached hydrogen (secondary N) is 1. The number of benzene rings is 2. The monoisotopic (exact) mass is 392 g/mol. The average molecular weight is 392 g/mol. The molecule has 28 heavy (non-hydrogen) atoms. The maximum atomic E-state index is 13.3. The Bertz CT molecular complexity index is 1090. The highest BCUT2D eigenvalue weighted by Gasteiger charge is 2.10. The maximum absolute atomic E-state index is 13.3. The Morgan fingerprint density at radius 2 is 2.00 bits per heavy atom. The fraction of sp³-hybridized carbons (Fsp3) is 0.0952. The van der Waals surface area contributed by atoms with Gasteiger partial charge in [0.05, 0.1) is 30.5 Å². The van der Waals surface area contributed by atoms with Gasteiger partial charge in [0.15, 0.2) is 0 Å². The fourth-order valence-corrected chi connectivity index (χ4v) is 3.63. The molecule has 140 valence electrons. The number of halogens is 1. The van der Waals surface area contributed by atoms with Crippen LogP contribution in [-0.4, -0.2) is 20.7 Å².